The third-order valence-corrected chi connectivity index (χ3v) is 10.2. The summed E-state index contributed by atoms with van der Waals surface area (Å²) in [6.07, 6.45) is 6.54. The molecule has 2 fully saturated rings. The van der Waals surface area contributed by atoms with Crippen LogP contribution in [0.5, 0.6) is 6.01 Å². The molecule has 0 unspecified atom stereocenters. The lowest BCUT2D eigenvalue weighted by Crippen LogP contribution is -2.56. The number of likely N-dealkylation sites (N-methyl/N-ethyl adjacent to an activating group) is 1. The van der Waals surface area contributed by atoms with Crippen molar-refractivity contribution in [3.05, 3.63) is 77.5 Å². The van der Waals surface area contributed by atoms with Gasteiger partial charge < -0.3 is 28.9 Å². The van der Waals surface area contributed by atoms with Crippen molar-refractivity contribution in [1.82, 2.24) is 29.3 Å². The van der Waals surface area contributed by atoms with Crippen LogP contribution in [0.2, 0.25) is 5.02 Å². The van der Waals surface area contributed by atoms with Crippen LogP contribution in [0.3, 0.4) is 0 Å². The van der Waals surface area contributed by atoms with Gasteiger partial charge in [0.1, 0.15) is 18.1 Å². The molecule has 0 N–H and O–H groups in total. The van der Waals surface area contributed by atoms with Gasteiger partial charge in [-0.05, 0) is 57.3 Å². The summed E-state index contributed by atoms with van der Waals surface area (Å²) in [5, 5.41) is 12.6. The second kappa shape index (κ2) is 13.5. The number of likely N-dealkylation sites (tertiary alicyclic amines) is 1. The number of carbonyl (C=O) groups is 1. The maximum Gasteiger partial charge on any atom is 0.318 e. The lowest BCUT2D eigenvalue weighted by atomic mass is 10.0. The van der Waals surface area contributed by atoms with Crippen molar-refractivity contribution in [1.29, 1.82) is 5.26 Å². The summed E-state index contributed by atoms with van der Waals surface area (Å²) in [5.74, 6) is 0.621. The van der Waals surface area contributed by atoms with Crippen molar-refractivity contribution >= 4 is 45.5 Å². The van der Waals surface area contributed by atoms with E-state index in [4.69, 9.17) is 26.3 Å². The van der Waals surface area contributed by atoms with Crippen molar-refractivity contribution in [2.24, 2.45) is 0 Å². The Morgan fingerprint density at radius 2 is 1.94 bits per heavy atom. The van der Waals surface area contributed by atoms with E-state index >= 15 is 0 Å². The number of fused-ring (bicyclic) bond motifs is 2. The third kappa shape index (κ3) is 6.18. The van der Waals surface area contributed by atoms with E-state index < -0.39 is 0 Å². The SMILES string of the molecule is C=C(C(=O)N1CCN(c2nc(OC[C@@H]3CCCN3C)nc3c2CCN(c2cccc4cccc(Cl)c24)C3)C[C@@H]1CC#N)n1cnc(C)c1. The fourth-order valence-electron chi connectivity index (χ4n) is 7.26. The first-order valence-electron chi connectivity index (χ1n) is 16.6. The Hall–Kier alpha value is -4.66. The summed E-state index contributed by atoms with van der Waals surface area (Å²) in [6, 6.07) is 14.9. The number of aromatic nitrogens is 4. The summed E-state index contributed by atoms with van der Waals surface area (Å²) >= 11 is 6.73. The number of nitriles is 1. The van der Waals surface area contributed by atoms with Crippen molar-refractivity contribution in [2.75, 3.05) is 56.2 Å². The van der Waals surface area contributed by atoms with Crippen molar-refractivity contribution in [3.63, 3.8) is 0 Å². The summed E-state index contributed by atoms with van der Waals surface area (Å²) in [5.41, 5.74) is 4.19. The van der Waals surface area contributed by atoms with Crippen LogP contribution in [-0.4, -0.2) is 93.7 Å². The van der Waals surface area contributed by atoms with Gasteiger partial charge in [-0.2, -0.15) is 15.2 Å². The molecule has 11 nitrogen and oxygen atoms in total. The largest absolute Gasteiger partial charge is 0.462 e. The topological polar surface area (TPSA) is 107 Å². The highest BCUT2D eigenvalue weighted by atomic mass is 35.5. The van der Waals surface area contributed by atoms with Gasteiger partial charge in [0, 0.05) is 55.1 Å². The number of ether oxygens (including phenoxy) is 1. The van der Waals surface area contributed by atoms with Crippen LogP contribution < -0.4 is 14.5 Å². The van der Waals surface area contributed by atoms with Gasteiger partial charge >= 0.3 is 6.01 Å². The highest BCUT2D eigenvalue weighted by Crippen LogP contribution is 2.37. The summed E-state index contributed by atoms with van der Waals surface area (Å²) in [7, 11) is 2.13. The first kappa shape index (κ1) is 31.9. The molecular weight excluding hydrogens is 626 g/mol. The zero-order valence-corrected chi connectivity index (χ0v) is 28.2. The van der Waals surface area contributed by atoms with Crippen molar-refractivity contribution in [3.8, 4) is 12.1 Å². The number of rotatable bonds is 8. The number of amides is 1. The number of benzene rings is 2. The number of imidazole rings is 1. The van der Waals surface area contributed by atoms with E-state index in [1.165, 1.54) is 0 Å². The van der Waals surface area contributed by atoms with Crippen LogP contribution in [0.1, 0.15) is 36.2 Å². The summed E-state index contributed by atoms with van der Waals surface area (Å²) in [6.45, 7) is 10.3. The number of nitrogens with zero attached hydrogens (tertiary/aromatic N) is 9. The van der Waals surface area contributed by atoms with E-state index in [-0.39, 0.29) is 18.4 Å². The normalized spacial score (nSPS) is 19.8. The Bertz CT molecular complexity index is 1900. The van der Waals surface area contributed by atoms with Crippen molar-refractivity contribution < 1.29 is 9.53 Å². The summed E-state index contributed by atoms with van der Waals surface area (Å²) in [4.78, 5) is 36.5. The first-order valence-corrected chi connectivity index (χ1v) is 17.0. The lowest BCUT2D eigenvalue weighted by molar-refractivity contribution is -0.128. The maximum absolute atomic E-state index is 13.6. The molecule has 7 rings (SSSR count). The molecular formula is C36H40ClN9O2. The molecule has 0 radical (unpaired) electrons. The third-order valence-electron chi connectivity index (χ3n) is 9.91. The van der Waals surface area contributed by atoms with Gasteiger partial charge in [0.05, 0.1) is 47.8 Å². The molecule has 2 aromatic carbocycles. The number of hydrogen-bond acceptors (Lipinski definition) is 9. The van der Waals surface area contributed by atoms with Crippen LogP contribution in [0.25, 0.3) is 16.5 Å². The number of hydrogen-bond donors (Lipinski definition) is 0. The smallest absolute Gasteiger partial charge is 0.318 e. The number of aryl methyl sites for hydroxylation is 1. The van der Waals surface area contributed by atoms with Gasteiger partial charge in [0.25, 0.3) is 5.91 Å². The van der Waals surface area contributed by atoms with Crippen LogP contribution >= 0.6 is 11.6 Å². The Balaban J connectivity index is 1.19. The highest BCUT2D eigenvalue weighted by molar-refractivity contribution is 6.36. The predicted octanol–water partition coefficient (Wildman–Crippen LogP) is 4.93. The predicted molar refractivity (Wildman–Crippen MR) is 187 cm³/mol. The standard InChI is InChI=1S/C36H40ClN9O2/c1-24-19-45(23-39-24)25(2)35(47)46-18-17-44(20-27(46)12-14-38)34-29-13-16-43(32-11-5-8-26-7-4-10-30(37)33(26)32)21-31(29)40-36(41-34)48-22-28-9-6-15-42(28)3/h4-5,7-8,10-11,19,23,27-28H,2,6,9,12-13,15-18,20-22H2,1,3H3/t27-,28-/m0/s1. The second-order valence-electron chi connectivity index (χ2n) is 13.0. The minimum absolute atomic E-state index is 0.193. The average Bonchev–Trinajstić information content (AvgIpc) is 3.73. The molecule has 3 aliphatic heterocycles. The Kier molecular flexibility index (Phi) is 8.94. The minimum atomic E-state index is -0.336. The lowest BCUT2D eigenvalue weighted by Gasteiger charge is -2.42. The molecule has 2 aromatic heterocycles. The number of carbonyl (C=O) groups excluding carboxylic acids is 1. The molecule has 12 heteroatoms. The number of anilines is 2. The van der Waals surface area contributed by atoms with E-state index in [1.807, 2.05) is 19.1 Å². The van der Waals surface area contributed by atoms with E-state index in [9.17, 15) is 10.1 Å². The zero-order valence-electron chi connectivity index (χ0n) is 27.5. The minimum Gasteiger partial charge on any atom is -0.462 e. The van der Waals surface area contributed by atoms with Gasteiger partial charge in [0.15, 0.2) is 0 Å². The molecule has 1 amide bonds. The molecule has 2 saturated heterocycles. The Morgan fingerprint density at radius 1 is 1.10 bits per heavy atom. The fourth-order valence-corrected chi connectivity index (χ4v) is 7.54. The van der Waals surface area contributed by atoms with Gasteiger partial charge in [-0.15, -0.1) is 0 Å². The van der Waals surface area contributed by atoms with Crippen LogP contribution in [0.15, 0.2) is 55.5 Å². The van der Waals surface area contributed by atoms with Gasteiger partial charge in [-0.1, -0.05) is 42.4 Å². The molecule has 0 spiro atoms. The molecule has 48 heavy (non-hydrogen) atoms. The second-order valence-corrected chi connectivity index (χ2v) is 13.4. The zero-order chi connectivity index (χ0) is 33.4. The molecule has 0 aliphatic carbocycles. The quantitative estimate of drug-likeness (QED) is 0.242. The molecule has 0 saturated carbocycles. The Morgan fingerprint density at radius 3 is 2.69 bits per heavy atom. The molecule has 248 valence electrons. The monoisotopic (exact) mass is 665 g/mol. The Labute approximate surface area is 286 Å². The average molecular weight is 666 g/mol. The highest BCUT2D eigenvalue weighted by Gasteiger charge is 2.35. The molecule has 2 atom stereocenters. The van der Waals surface area contributed by atoms with E-state index in [1.54, 1.807) is 22.0 Å². The molecule has 4 aromatic rings. The van der Waals surface area contributed by atoms with E-state index in [2.05, 4.69) is 63.6 Å². The van der Waals surface area contributed by atoms with Gasteiger partial charge in [-0.25, -0.2) is 4.98 Å². The van der Waals surface area contributed by atoms with Gasteiger partial charge in [0.2, 0.25) is 0 Å². The molecule has 3 aliphatic rings. The number of halogens is 1. The first-order chi connectivity index (χ1) is 23.3. The van der Waals surface area contributed by atoms with Gasteiger partial charge in [-0.3, -0.25) is 4.79 Å². The van der Waals surface area contributed by atoms with E-state index in [0.717, 1.165) is 76.6 Å². The fraction of sp³-hybridized carbons (Fsp3) is 0.417. The summed E-state index contributed by atoms with van der Waals surface area (Å²) < 4.78 is 7.98. The van der Waals surface area contributed by atoms with Crippen LogP contribution in [-0.2, 0) is 17.8 Å². The van der Waals surface area contributed by atoms with Crippen LogP contribution in [0.4, 0.5) is 11.5 Å². The van der Waals surface area contributed by atoms with Crippen molar-refractivity contribution in [2.45, 2.75) is 51.2 Å². The molecule has 0 bridgehead atoms. The molecule has 5 heterocycles. The maximum atomic E-state index is 13.6. The number of piperazine rings is 1. The van der Waals surface area contributed by atoms with Crippen LogP contribution in [0, 0.1) is 18.3 Å². The van der Waals surface area contributed by atoms with E-state index in [0.29, 0.717) is 50.5 Å².